The molecule has 0 saturated heterocycles. The fourth-order valence-electron chi connectivity index (χ4n) is 2.48. The summed E-state index contributed by atoms with van der Waals surface area (Å²) in [6, 6.07) is 10.5. The summed E-state index contributed by atoms with van der Waals surface area (Å²) in [6.45, 7) is 2.21. The van der Waals surface area contributed by atoms with Crippen LogP contribution in [0.5, 0.6) is 11.5 Å². The summed E-state index contributed by atoms with van der Waals surface area (Å²) in [5.41, 5.74) is 7.48. The van der Waals surface area contributed by atoms with Crippen molar-refractivity contribution in [3.05, 3.63) is 63.7 Å². The van der Waals surface area contributed by atoms with E-state index in [4.69, 9.17) is 19.9 Å². The summed E-state index contributed by atoms with van der Waals surface area (Å²) >= 11 is 0. The van der Waals surface area contributed by atoms with E-state index in [0.717, 1.165) is 11.1 Å². The number of carbonyl (C=O) groups excluding carboxylic acids is 1. The van der Waals surface area contributed by atoms with Gasteiger partial charge in [0.2, 0.25) is 0 Å². The van der Waals surface area contributed by atoms with Gasteiger partial charge in [-0.1, -0.05) is 6.07 Å². The van der Waals surface area contributed by atoms with Crippen molar-refractivity contribution in [1.29, 1.82) is 0 Å². The van der Waals surface area contributed by atoms with Gasteiger partial charge in [0.05, 0.1) is 18.6 Å². The number of ether oxygens (including phenoxy) is 3. The van der Waals surface area contributed by atoms with Crippen molar-refractivity contribution in [2.24, 2.45) is 5.73 Å². The Balaban J connectivity index is 2.08. The fourth-order valence-corrected chi connectivity index (χ4v) is 2.48. The standard InChI is InChI=1S/C19H22N2O6/c1-3-26-19(22)17(20)11-13-4-9-18(25-2)14(10-13)12-27-16-7-5-15(6-8-16)21(23)24/h4-10,17H,3,11-12,20H2,1-2H3. The van der Waals surface area contributed by atoms with Crippen molar-refractivity contribution < 1.29 is 23.9 Å². The molecule has 0 aliphatic rings. The number of benzene rings is 2. The van der Waals surface area contributed by atoms with Crippen LogP contribution in [0.3, 0.4) is 0 Å². The monoisotopic (exact) mass is 374 g/mol. The Morgan fingerprint density at radius 3 is 2.52 bits per heavy atom. The lowest BCUT2D eigenvalue weighted by molar-refractivity contribution is -0.384. The molecule has 2 N–H and O–H groups in total. The van der Waals surface area contributed by atoms with Gasteiger partial charge in [0, 0.05) is 17.7 Å². The molecule has 0 aromatic heterocycles. The van der Waals surface area contributed by atoms with E-state index in [0.29, 0.717) is 17.9 Å². The number of nitro benzene ring substituents is 1. The summed E-state index contributed by atoms with van der Waals surface area (Å²) < 4.78 is 15.9. The molecule has 1 unspecified atom stereocenters. The van der Waals surface area contributed by atoms with Gasteiger partial charge in [-0.05, 0) is 43.2 Å². The maximum absolute atomic E-state index is 11.7. The minimum absolute atomic E-state index is 0.00474. The van der Waals surface area contributed by atoms with Gasteiger partial charge in [0.25, 0.3) is 5.69 Å². The second-order valence-electron chi connectivity index (χ2n) is 5.75. The maximum atomic E-state index is 11.7. The first kappa shape index (κ1) is 20.2. The van der Waals surface area contributed by atoms with Crippen LogP contribution in [0.2, 0.25) is 0 Å². The Kier molecular flexibility index (Phi) is 7.13. The van der Waals surface area contributed by atoms with Crippen molar-refractivity contribution in [3.63, 3.8) is 0 Å². The number of methoxy groups -OCH3 is 1. The predicted molar refractivity (Wildman–Crippen MR) is 98.7 cm³/mol. The minimum atomic E-state index is -0.748. The minimum Gasteiger partial charge on any atom is -0.496 e. The van der Waals surface area contributed by atoms with Crippen LogP contribution in [0.15, 0.2) is 42.5 Å². The molecule has 2 aromatic rings. The predicted octanol–water partition coefficient (Wildman–Crippen LogP) is 2.62. The molecule has 8 nitrogen and oxygen atoms in total. The van der Waals surface area contributed by atoms with Gasteiger partial charge in [0.15, 0.2) is 0 Å². The number of non-ortho nitro benzene ring substituents is 1. The van der Waals surface area contributed by atoms with Gasteiger partial charge >= 0.3 is 5.97 Å². The first-order chi connectivity index (χ1) is 12.9. The zero-order valence-electron chi connectivity index (χ0n) is 15.2. The average molecular weight is 374 g/mol. The quantitative estimate of drug-likeness (QED) is 0.408. The number of hydrogen-bond donors (Lipinski definition) is 1. The Hall–Kier alpha value is -3.13. The molecule has 0 radical (unpaired) electrons. The van der Waals surface area contributed by atoms with Gasteiger partial charge in [-0.25, -0.2) is 0 Å². The van der Waals surface area contributed by atoms with E-state index in [9.17, 15) is 14.9 Å². The largest absolute Gasteiger partial charge is 0.496 e. The summed E-state index contributed by atoms with van der Waals surface area (Å²) in [4.78, 5) is 21.9. The maximum Gasteiger partial charge on any atom is 0.323 e. The van der Waals surface area contributed by atoms with E-state index >= 15 is 0 Å². The first-order valence-corrected chi connectivity index (χ1v) is 8.39. The summed E-state index contributed by atoms with van der Waals surface area (Å²) in [5, 5.41) is 10.7. The highest BCUT2D eigenvalue weighted by Crippen LogP contribution is 2.24. The lowest BCUT2D eigenvalue weighted by Gasteiger charge is -2.14. The molecule has 0 heterocycles. The molecule has 144 valence electrons. The molecule has 27 heavy (non-hydrogen) atoms. The van der Waals surface area contributed by atoms with Crippen LogP contribution >= 0.6 is 0 Å². The van der Waals surface area contributed by atoms with Crippen LogP contribution in [0.25, 0.3) is 0 Å². The van der Waals surface area contributed by atoms with Gasteiger partial charge in [-0.15, -0.1) is 0 Å². The topological polar surface area (TPSA) is 114 Å². The smallest absolute Gasteiger partial charge is 0.323 e. The summed E-state index contributed by atoms with van der Waals surface area (Å²) in [7, 11) is 1.55. The molecule has 0 bridgehead atoms. The van der Waals surface area contributed by atoms with E-state index in [1.54, 1.807) is 20.1 Å². The number of nitrogens with zero attached hydrogens (tertiary/aromatic N) is 1. The molecule has 2 rings (SSSR count). The third-order valence-corrected chi connectivity index (χ3v) is 3.83. The van der Waals surface area contributed by atoms with Crippen LogP contribution in [0.4, 0.5) is 5.69 Å². The van der Waals surface area contributed by atoms with Crippen molar-refractivity contribution in [2.45, 2.75) is 26.0 Å². The van der Waals surface area contributed by atoms with Gasteiger partial charge < -0.3 is 19.9 Å². The second kappa shape index (κ2) is 9.54. The van der Waals surface area contributed by atoms with Crippen LogP contribution < -0.4 is 15.2 Å². The molecule has 0 amide bonds. The van der Waals surface area contributed by atoms with Crippen molar-refractivity contribution in [1.82, 2.24) is 0 Å². The highest BCUT2D eigenvalue weighted by molar-refractivity contribution is 5.75. The number of nitro groups is 1. The molecule has 0 aliphatic heterocycles. The second-order valence-corrected chi connectivity index (χ2v) is 5.75. The molecule has 0 aliphatic carbocycles. The zero-order valence-corrected chi connectivity index (χ0v) is 15.2. The number of nitrogens with two attached hydrogens (primary N) is 1. The Bertz CT molecular complexity index is 791. The molecular formula is C19H22N2O6. The Morgan fingerprint density at radius 1 is 1.22 bits per heavy atom. The zero-order chi connectivity index (χ0) is 19.8. The fraction of sp³-hybridized carbons (Fsp3) is 0.316. The lowest BCUT2D eigenvalue weighted by atomic mass is 10.0. The Labute approximate surface area is 157 Å². The molecule has 8 heteroatoms. The number of rotatable bonds is 9. The van der Waals surface area contributed by atoms with E-state index in [2.05, 4.69) is 0 Å². The normalized spacial score (nSPS) is 11.5. The van der Waals surface area contributed by atoms with E-state index in [1.807, 2.05) is 12.1 Å². The van der Waals surface area contributed by atoms with Gasteiger partial charge in [0.1, 0.15) is 24.1 Å². The highest BCUT2D eigenvalue weighted by Gasteiger charge is 2.16. The molecule has 0 fully saturated rings. The van der Waals surface area contributed by atoms with E-state index in [-0.39, 0.29) is 18.9 Å². The molecular weight excluding hydrogens is 352 g/mol. The average Bonchev–Trinajstić information content (AvgIpc) is 2.67. The summed E-state index contributed by atoms with van der Waals surface area (Å²) in [6.07, 6.45) is 0.327. The van der Waals surface area contributed by atoms with Crippen LogP contribution in [-0.2, 0) is 22.6 Å². The Morgan fingerprint density at radius 2 is 1.93 bits per heavy atom. The van der Waals surface area contributed by atoms with E-state index < -0.39 is 16.9 Å². The third kappa shape index (κ3) is 5.68. The van der Waals surface area contributed by atoms with Crippen molar-refractivity contribution >= 4 is 11.7 Å². The SMILES string of the molecule is CCOC(=O)C(N)Cc1ccc(OC)c(COc2ccc([N+](=O)[O-])cc2)c1. The highest BCUT2D eigenvalue weighted by atomic mass is 16.6. The summed E-state index contributed by atoms with van der Waals surface area (Å²) in [5.74, 6) is 0.679. The number of carbonyl (C=O) groups is 1. The molecule has 2 aromatic carbocycles. The van der Waals surface area contributed by atoms with Crippen LogP contribution in [0, 0.1) is 10.1 Å². The van der Waals surface area contributed by atoms with Crippen molar-refractivity contribution in [2.75, 3.05) is 13.7 Å². The van der Waals surface area contributed by atoms with Crippen LogP contribution in [-0.4, -0.2) is 30.7 Å². The van der Waals surface area contributed by atoms with Crippen LogP contribution in [0.1, 0.15) is 18.1 Å². The van der Waals surface area contributed by atoms with E-state index in [1.165, 1.54) is 24.3 Å². The van der Waals surface area contributed by atoms with Gasteiger partial charge in [-0.3, -0.25) is 14.9 Å². The molecule has 0 saturated carbocycles. The number of hydrogen-bond acceptors (Lipinski definition) is 7. The van der Waals surface area contributed by atoms with Gasteiger partial charge in [-0.2, -0.15) is 0 Å². The first-order valence-electron chi connectivity index (χ1n) is 8.39. The molecule has 1 atom stereocenters. The van der Waals surface area contributed by atoms with Crippen molar-refractivity contribution in [3.8, 4) is 11.5 Å². The molecule has 0 spiro atoms. The number of esters is 1. The third-order valence-electron chi connectivity index (χ3n) is 3.83. The lowest BCUT2D eigenvalue weighted by Crippen LogP contribution is -2.34.